The fourth-order valence-corrected chi connectivity index (χ4v) is 1.52. The van der Waals surface area contributed by atoms with Gasteiger partial charge in [-0.15, -0.1) is 0 Å². The second-order valence-corrected chi connectivity index (χ2v) is 4.49. The molecule has 0 nitrogen and oxygen atoms in total. The molecule has 0 heterocycles. The Morgan fingerprint density at radius 1 is 1.06 bits per heavy atom. The lowest BCUT2D eigenvalue weighted by Crippen LogP contribution is -1.88. The van der Waals surface area contributed by atoms with Crippen LogP contribution in [0, 0.1) is 13.8 Å². The topological polar surface area (TPSA) is 0 Å². The van der Waals surface area contributed by atoms with Gasteiger partial charge in [0.05, 0.1) is 0 Å². The van der Waals surface area contributed by atoms with E-state index < -0.39 is 0 Å². The lowest BCUT2D eigenvalue weighted by Gasteiger charge is -2.04. The number of hydrogen-bond acceptors (Lipinski definition) is 0. The van der Waals surface area contributed by atoms with E-state index in [9.17, 15) is 0 Å². The molecule has 0 N–H and O–H groups in total. The third-order valence-electron chi connectivity index (χ3n) is 3.33. The monoisotopic (exact) mass is 242 g/mol. The van der Waals surface area contributed by atoms with E-state index in [0.29, 0.717) is 0 Å². The zero-order valence-corrected chi connectivity index (χ0v) is 12.5. The maximum Gasteiger partial charge on any atom is -0.0305 e. The second-order valence-electron chi connectivity index (χ2n) is 4.49. The third kappa shape index (κ3) is 5.18. The summed E-state index contributed by atoms with van der Waals surface area (Å²) < 4.78 is 0. The van der Waals surface area contributed by atoms with E-state index >= 15 is 0 Å². The number of benzene rings is 1. The second kappa shape index (κ2) is 8.52. The minimum atomic E-state index is 1.15. The number of aryl methyl sites for hydroxylation is 2. The zero-order valence-electron chi connectivity index (χ0n) is 12.5. The molecule has 1 aromatic carbocycles. The van der Waals surface area contributed by atoms with Gasteiger partial charge in [0.2, 0.25) is 0 Å². The molecule has 1 rings (SSSR count). The van der Waals surface area contributed by atoms with Crippen molar-refractivity contribution in [1.82, 2.24) is 0 Å². The van der Waals surface area contributed by atoms with Crippen LogP contribution in [0.25, 0.3) is 0 Å². The standard InChI is InChI=1S/C10H14.C8H12/c1-4-10-7-5-6-8(2)9(10)3;1-5-7(3)8(4)6-2/h5-7H,4H2,1-3H3;5-6H,1-2H2,3-4H3/b;8-7-. The van der Waals surface area contributed by atoms with E-state index in [2.05, 4.69) is 52.1 Å². The molecular formula is C18H26. The van der Waals surface area contributed by atoms with Gasteiger partial charge in [-0.05, 0) is 62.0 Å². The molecule has 0 fully saturated rings. The maximum absolute atomic E-state index is 3.62. The van der Waals surface area contributed by atoms with Crippen LogP contribution in [0.5, 0.6) is 0 Å². The lowest BCUT2D eigenvalue weighted by molar-refractivity contribution is 1.09. The summed E-state index contributed by atoms with van der Waals surface area (Å²) in [5.74, 6) is 0. The van der Waals surface area contributed by atoms with Gasteiger partial charge >= 0.3 is 0 Å². The minimum Gasteiger partial charge on any atom is -0.0988 e. The summed E-state index contributed by atoms with van der Waals surface area (Å²) >= 11 is 0. The van der Waals surface area contributed by atoms with Gasteiger partial charge < -0.3 is 0 Å². The summed E-state index contributed by atoms with van der Waals surface area (Å²) in [6.07, 6.45) is 4.81. The summed E-state index contributed by atoms with van der Waals surface area (Å²) in [4.78, 5) is 0. The highest BCUT2D eigenvalue weighted by Crippen LogP contribution is 2.12. The molecule has 0 heteroatoms. The lowest BCUT2D eigenvalue weighted by atomic mass is 10.0. The Bertz CT molecular complexity index is 417. The molecule has 0 saturated heterocycles. The Morgan fingerprint density at radius 2 is 1.56 bits per heavy atom. The van der Waals surface area contributed by atoms with Gasteiger partial charge in [-0.3, -0.25) is 0 Å². The van der Waals surface area contributed by atoms with E-state index in [4.69, 9.17) is 0 Å². The third-order valence-corrected chi connectivity index (χ3v) is 3.33. The molecule has 0 aliphatic carbocycles. The van der Waals surface area contributed by atoms with Gasteiger partial charge in [-0.2, -0.15) is 0 Å². The normalized spacial score (nSPS) is 10.9. The van der Waals surface area contributed by atoms with Crippen LogP contribution >= 0.6 is 0 Å². The molecule has 0 unspecified atom stereocenters. The predicted octanol–water partition coefficient (Wildman–Crippen LogP) is 5.56. The fraction of sp³-hybridized carbons (Fsp3) is 0.333. The Balaban J connectivity index is 0.000000331. The van der Waals surface area contributed by atoms with Gasteiger partial charge in [0.1, 0.15) is 0 Å². The summed E-state index contributed by atoms with van der Waals surface area (Å²) in [7, 11) is 0. The van der Waals surface area contributed by atoms with Crippen LogP contribution in [-0.2, 0) is 6.42 Å². The molecule has 0 amide bonds. The first-order valence-electron chi connectivity index (χ1n) is 6.45. The molecule has 0 bridgehead atoms. The first-order chi connectivity index (χ1) is 8.47. The van der Waals surface area contributed by atoms with Gasteiger partial charge in [0, 0.05) is 0 Å². The van der Waals surface area contributed by atoms with E-state index in [1.165, 1.54) is 27.8 Å². The largest absolute Gasteiger partial charge is 0.0988 e. The molecule has 0 aliphatic rings. The Labute approximate surface area is 113 Å². The van der Waals surface area contributed by atoms with Crippen molar-refractivity contribution in [3.63, 3.8) is 0 Å². The molecule has 0 saturated carbocycles. The van der Waals surface area contributed by atoms with Gasteiger partial charge in [0.15, 0.2) is 0 Å². The fourth-order valence-electron chi connectivity index (χ4n) is 1.52. The van der Waals surface area contributed by atoms with Crippen LogP contribution in [0.2, 0.25) is 0 Å². The summed E-state index contributed by atoms with van der Waals surface area (Å²) in [5.41, 5.74) is 6.71. The van der Waals surface area contributed by atoms with Crippen LogP contribution in [0.1, 0.15) is 37.5 Å². The highest BCUT2D eigenvalue weighted by atomic mass is 14.0. The van der Waals surface area contributed by atoms with Crippen molar-refractivity contribution in [3.05, 3.63) is 71.3 Å². The van der Waals surface area contributed by atoms with Crippen LogP contribution < -0.4 is 0 Å². The van der Waals surface area contributed by atoms with Crippen molar-refractivity contribution >= 4 is 0 Å². The summed E-state index contributed by atoms with van der Waals surface area (Å²) in [6.45, 7) is 17.8. The van der Waals surface area contributed by atoms with E-state index in [-0.39, 0.29) is 0 Å². The first-order valence-corrected chi connectivity index (χ1v) is 6.45. The van der Waals surface area contributed by atoms with Crippen LogP contribution in [0.15, 0.2) is 54.7 Å². The van der Waals surface area contributed by atoms with E-state index in [1.807, 2.05) is 26.0 Å². The average molecular weight is 242 g/mol. The Morgan fingerprint density at radius 3 is 1.89 bits per heavy atom. The molecule has 0 spiro atoms. The van der Waals surface area contributed by atoms with Crippen LogP contribution in [0.4, 0.5) is 0 Å². The van der Waals surface area contributed by atoms with Crippen molar-refractivity contribution in [2.75, 3.05) is 0 Å². The maximum atomic E-state index is 3.62. The molecule has 0 aromatic heterocycles. The predicted molar refractivity (Wildman–Crippen MR) is 84.1 cm³/mol. The molecule has 0 aliphatic heterocycles. The van der Waals surface area contributed by atoms with Crippen LogP contribution in [0.3, 0.4) is 0 Å². The molecule has 1 aromatic rings. The van der Waals surface area contributed by atoms with E-state index in [1.54, 1.807) is 0 Å². The number of rotatable bonds is 3. The molecule has 0 radical (unpaired) electrons. The van der Waals surface area contributed by atoms with Crippen molar-refractivity contribution < 1.29 is 0 Å². The molecule has 18 heavy (non-hydrogen) atoms. The van der Waals surface area contributed by atoms with Crippen molar-refractivity contribution in [1.29, 1.82) is 0 Å². The summed E-state index contributed by atoms with van der Waals surface area (Å²) in [6, 6.07) is 6.48. The Hall–Kier alpha value is -1.56. The van der Waals surface area contributed by atoms with E-state index in [0.717, 1.165) is 6.42 Å². The number of hydrogen-bond donors (Lipinski definition) is 0. The van der Waals surface area contributed by atoms with Gasteiger partial charge in [-0.1, -0.05) is 50.4 Å². The first kappa shape index (κ1) is 16.4. The minimum absolute atomic E-state index is 1.15. The quantitative estimate of drug-likeness (QED) is 0.609. The van der Waals surface area contributed by atoms with Crippen molar-refractivity contribution in [2.24, 2.45) is 0 Å². The van der Waals surface area contributed by atoms with Crippen LogP contribution in [-0.4, -0.2) is 0 Å². The highest BCUT2D eigenvalue weighted by Gasteiger charge is 1.95. The number of allylic oxidation sites excluding steroid dienone is 4. The molecular weight excluding hydrogens is 216 g/mol. The van der Waals surface area contributed by atoms with Crippen molar-refractivity contribution in [2.45, 2.75) is 41.0 Å². The SMILES string of the molecule is C=C/C(C)=C(/C)C=C.CCc1cccc(C)c1C. The Kier molecular flexibility index (Phi) is 7.78. The zero-order chi connectivity index (χ0) is 14.1. The summed E-state index contributed by atoms with van der Waals surface area (Å²) in [5, 5.41) is 0. The highest BCUT2D eigenvalue weighted by molar-refractivity contribution is 5.32. The molecule has 98 valence electrons. The van der Waals surface area contributed by atoms with Crippen molar-refractivity contribution in [3.8, 4) is 0 Å². The van der Waals surface area contributed by atoms with Gasteiger partial charge in [0.25, 0.3) is 0 Å². The smallest absolute Gasteiger partial charge is 0.0305 e. The molecule has 0 atom stereocenters. The average Bonchev–Trinajstić information content (AvgIpc) is 2.40. The van der Waals surface area contributed by atoms with Gasteiger partial charge in [-0.25, -0.2) is 0 Å².